The van der Waals surface area contributed by atoms with Crippen LogP contribution in [0.25, 0.3) is 66.1 Å². The molecule has 10 aromatic rings. The molecule has 1 fully saturated rings. The highest BCUT2D eigenvalue weighted by molar-refractivity contribution is 6.21. The summed E-state index contributed by atoms with van der Waals surface area (Å²) in [5, 5.41) is 5.49. The number of hydrogen-bond donors (Lipinski definition) is 0. The molecule has 0 spiro atoms. The maximum Gasteiger partial charge on any atom is -0.00139 e. The van der Waals surface area contributed by atoms with Gasteiger partial charge in [-0.1, -0.05) is 297 Å². The Hall–Kier alpha value is -7.54. The smallest absolute Gasteiger partial charge is 0.00139 e. The Morgan fingerprint density at radius 1 is 0.351 bits per heavy atom. The van der Waals surface area contributed by atoms with E-state index in [1.165, 1.54) is 144 Å². The number of hydrogen-bond acceptors (Lipinski definition) is 0. The van der Waals surface area contributed by atoms with Crippen molar-refractivity contribution in [2.24, 2.45) is 5.92 Å². The van der Waals surface area contributed by atoms with Gasteiger partial charge < -0.3 is 0 Å². The first-order valence-corrected chi connectivity index (χ1v) is 27.3. The minimum absolute atomic E-state index is 0.969. The van der Waals surface area contributed by atoms with Crippen LogP contribution in [0.3, 0.4) is 0 Å². The predicted molar refractivity (Wildman–Crippen MR) is 328 cm³/mol. The van der Waals surface area contributed by atoms with Crippen molar-refractivity contribution in [1.82, 2.24) is 0 Å². The zero-order valence-corrected chi connectivity index (χ0v) is 45.6. The Balaban J connectivity index is 0.000000167. The first-order chi connectivity index (χ1) is 36.4. The third-order valence-electron chi connectivity index (χ3n) is 13.7. The van der Waals surface area contributed by atoms with Gasteiger partial charge in [-0.05, 0) is 139 Å². The van der Waals surface area contributed by atoms with Crippen LogP contribution in [-0.2, 0) is 12.8 Å². The molecule has 0 aromatic heterocycles. The van der Waals surface area contributed by atoms with Crippen molar-refractivity contribution in [3.63, 3.8) is 0 Å². The van der Waals surface area contributed by atoms with Gasteiger partial charge in [-0.25, -0.2) is 0 Å². The van der Waals surface area contributed by atoms with Gasteiger partial charge in [0.15, 0.2) is 0 Å². The molecule has 12 rings (SSSR count). The highest BCUT2D eigenvalue weighted by Gasteiger charge is 2.28. The highest BCUT2D eigenvalue weighted by Crippen LogP contribution is 2.54. The molecule has 0 aliphatic heterocycles. The van der Waals surface area contributed by atoms with Crippen LogP contribution >= 0.6 is 0 Å². The minimum atomic E-state index is 0.969. The average molecular weight is 969 g/mol. The van der Waals surface area contributed by atoms with Crippen molar-refractivity contribution in [3.05, 3.63) is 277 Å². The molecule has 74 heavy (non-hydrogen) atoms. The van der Waals surface area contributed by atoms with Gasteiger partial charge in [0.25, 0.3) is 0 Å². The summed E-state index contributed by atoms with van der Waals surface area (Å²) in [6, 6.07) is 82.3. The molecule has 0 saturated heterocycles. The summed E-state index contributed by atoms with van der Waals surface area (Å²) in [7, 11) is 0. The monoisotopic (exact) mass is 969 g/mol. The summed E-state index contributed by atoms with van der Waals surface area (Å²) in [6.07, 6.45) is 10.9. The Morgan fingerprint density at radius 2 is 0.689 bits per heavy atom. The maximum absolute atomic E-state index is 3.00. The number of rotatable bonds is 6. The molecule has 2 aliphatic carbocycles. The first-order valence-electron chi connectivity index (χ1n) is 27.3. The van der Waals surface area contributed by atoms with E-state index in [9.17, 15) is 0 Å². The van der Waals surface area contributed by atoms with E-state index in [0.29, 0.717) is 0 Å². The second-order valence-electron chi connectivity index (χ2n) is 19.1. The molecule has 0 N–H and O–H groups in total. The van der Waals surface area contributed by atoms with Crippen LogP contribution in [0.15, 0.2) is 244 Å². The standard InChI is InChI=1S/C29H20.C13H18.C13H12.C12H12.C3H8.C2H6.C2H4/c1-19-15-16-26-27-22(19)13-8-14-25(27)28-23(20-9-4-2-5-10-20)17-18-24(29(26)28)21-11-6-3-7-12-21;2*1-3-7-12(8-4-1)11-13-9-5-2-6-10-13;1-9-7-8-10(2)12-6-4-3-5-11(9)12;1-3-2;2*1-2/h2-18H,1H3;1,3-4,7-8,13H,2,5-6,9-11H2;1-10H,11H2;3-8H,1-2H3;3H2,1-2H3;1-2H3;1-2H2. The van der Waals surface area contributed by atoms with Gasteiger partial charge >= 0.3 is 0 Å². The van der Waals surface area contributed by atoms with E-state index in [4.69, 9.17) is 0 Å². The molecule has 10 aromatic carbocycles. The minimum Gasteiger partial charge on any atom is -0.106 e. The Kier molecular flexibility index (Phi) is 22.5. The lowest BCUT2D eigenvalue weighted by Gasteiger charge is -2.21. The maximum atomic E-state index is 3.00. The summed E-state index contributed by atoms with van der Waals surface area (Å²) < 4.78 is 0. The third-order valence-corrected chi connectivity index (χ3v) is 13.7. The molecule has 376 valence electrons. The zero-order valence-electron chi connectivity index (χ0n) is 45.6. The van der Waals surface area contributed by atoms with E-state index in [-0.39, 0.29) is 0 Å². The van der Waals surface area contributed by atoms with Gasteiger partial charge in [0.2, 0.25) is 0 Å². The molecule has 0 nitrogen and oxygen atoms in total. The van der Waals surface area contributed by atoms with Crippen LogP contribution in [0.1, 0.15) is 99.6 Å². The molecular formula is C74H80. The summed E-state index contributed by atoms with van der Waals surface area (Å²) in [5.74, 6) is 0.969. The third kappa shape index (κ3) is 14.8. The van der Waals surface area contributed by atoms with E-state index in [1.54, 1.807) is 0 Å². The quantitative estimate of drug-likeness (QED) is 0.146. The van der Waals surface area contributed by atoms with E-state index in [0.717, 1.165) is 12.3 Å². The zero-order chi connectivity index (χ0) is 52.5. The summed E-state index contributed by atoms with van der Waals surface area (Å²) >= 11 is 0. The molecule has 0 amide bonds. The predicted octanol–water partition coefficient (Wildman–Crippen LogP) is 21.9. The Bertz CT molecular complexity index is 3030. The molecule has 0 unspecified atom stereocenters. The topological polar surface area (TPSA) is 0 Å². The normalized spacial score (nSPS) is 11.7. The summed E-state index contributed by atoms with van der Waals surface area (Å²) in [4.78, 5) is 0. The average Bonchev–Trinajstić information content (AvgIpc) is 3.83. The lowest BCUT2D eigenvalue weighted by atomic mass is 9.85. The van der Waals surface area contributed by atoms with Crippen LogP contribution in [0.4, 0.5) is 0 Å². The van der Waals surface area contributed by atoms with Crippen LogP contribution in [-0.4, -0.2) is 0 Å². The van der Waals surface area contributed by atoms with Gasteiger partial charge in [0.1, 0.15) is 0 Å². The van der Waals surface area contributed by atoms with Gasteiger partial charge in [0.05, 0.1) is 0 Å². The molecule has 0 atom stereocenters. The largest absolute Gasteiger partial charge is 0.106 e. The van der Waals surface area contributed by atoms with Crippen molar-refractivity contribution in [3.8, 4) is 44.5 Å². The second kappa shape index (κ2) is 29.8. The summed E-state index contributed by atoms with van der Waals surface area (Å²) in [5.41, 5.74) is 18.9. The van der Waals surface area contributed by atoms with Crippen molar-refractivity contribution < 1.29 is 0 Å². The van der Waals surface area contributed by atoms with Crippen molar-refractivity contribution in [2.75, 3.05) is 0 Å². The van der Waals surface area contributed by atoms with Gasteiger partial charge in [-0.3, -0.25) is 0 Å². The van der Waals surface area contributed by atoms with Crippen molar-refractivity contribution in [1.29, 1.82) is 0 Å². The van der Waals surface area contributed by atoms with Gasteiger partial charge in [-0.15, -0.1) is 13.2 Å². The van der Waals surface area contributed by atoms with Gasteiger partial charge in [-0.2, -0.15) is 0 Å². The van der Waals surface area contributed by atoms with Crippen LogP contribution in [0.2, 0.25) is 0 Å². The summed E-state index contributed by atoms with van der Waals surface area (Å²) in [6.45, 7) is 20.8. The van der Waals surface area contributed by atoms with E-state index in [1.807, 2.05) is 13.8 Å². The van der Waals surface area contributed by atoms with Crippen LogP contribution in [0.5, 0.6) is 0 Å². The fourth-order valence-electron chi connectivity index (χ4n) is 10.2. The lowest BCUT2D eigenvalue weighted by Crippen LogP contribution is -2.08. The second-order valence-corrected chi connectivity index (χ2v) is 19.1. The molecular weight excluding hydrogens is 889 g/mol. The Morgan fingerprint density at radius 3 is 1.14 bits per heavy atom. The highest BCUT2D eigenvalue weighted by atomic mass is 14.3. The van der Waals surface area contributed by atoms with E-state index in [2.05, 4.69) is 278 Å². The van der Waals surface area contributed by atoms with Crippen molar-refractivity contribution in [2.45, 2.75) is 99.8 Å². The first kappa shape index (κ1) is 55.8. The van der Waals surface area contributed by atoms with Crippen LogP contribution < -0.4 is 0 Å². The van der Waals surface area contributed by atoms with Gasteiger partial charge in [0, 0.05) is 0 Å². The molecule has 0 bridgehead atoms. The van der Waals surface area contributed by atoms with Crippen molar-refractivity contribution >= 4 is 21.5 Å². The fourth-order valence-corrected chi connectivity index (χ4v) is 10.2. The molecule has 0 heteroatoms. The van der Waals surface area contributed by atoms with E-state index >= 15 is 0 Å². The van der Waals surface area contributed by atoms with Crippen LogP contribution in [0, 0.1) is 26.7 Å². The van der Waals surface area contributed by atoms with E-state index < -0.39 is 0 Å². The molecule has 0 radical (unpaired) electrons. The lowest BCUT2D eigenvalue weighted by molar-refractivity contribution is 0.356. The fraction of sp³-hybridized carbons (Fsp3) is 0.216. The SMILES string of the molecule is C=C.CC.CCC.Cc1ccc(C)c2ccccc12.Cc1ccc2c3c(cccc13)-c1c(-c3ccccc3)ccc(-c3ccccc3)c1-2.c1ccc(CC2CCCCC2)cc1.c1ccc(Cc2ccccc2)cc1. The number of aryl methyl sites for hydroxylation is 3. The molecule has 1 saturated carbocycles. The number of benzene rings is 10. The molecule has 2 aliphatic rings. The Labute approximate surface area is 446 Å². The number of fused-ring (bicyclic) bond motifs is 4. The molecule has 0 heterocycles.